The zero-order valence-electron chi connectivity index (χ0n) is 15.0. The SMILES string of the molecule is Cc1cc(CN2CCN(CC(=O)N[C@H]3CCCC[C@H]3C)CC2)no1. The van der Waals surface area contributed by atoms with E-state index in [9.17, 15) is 4.79 Å². The average molecular weight is 334 g/mol. The molecule has 2 heterocycles. The van der Waals surface area contributed by atoms with E-state index in [2.05, 4.69) is 27.2 Å². The van der Waals surface area contributed by atoms with E-state index in [1.165, 1.54) is 19.3 Å². The molecule has 6 nitrogen and oxygen atoms in total. The van der Waals surface area contributed by atoms with Crippen LogP contribution in [0, 0.1) is 12.8 Å². The first kappa shape index (κ1) is 17.4. The fourth-order valence-electron chi connectivity index (χ4n) is 3.81. The lowest BCUT2D eigenvalue weighted by Crippen LogP contribution is -2.51. The van der Waals surface area contributed by atoms with Crippen molar-refractivity contribution in [1.82, 2.24) is 20.3 Å². The third kappa shape index (κ3) is 4.80. The van der Waals surface area contributed by atoms with E-state index < -0.39 is 0 Å². The zero-order valence-corrected chi connectivity index (χ0v) is 15.0. The summed E-state index contributed by atoms with van der Waals surface area (Å²) in [6.07, 6.45) is 4.93. The maximum absolute atomic E-state index is 12.3. The van der Waals surface area contributed by atoms with Gasteiger partial charge in [0, 0.05) is 44.8 Å². The van der Waals surface area contributed by atoms with Crippen molar-refractivity contribution in [3.05, 3.63) is 17.5 Å². The Morgan fingerprint density at radius 1 is 1.25 bits per heavy atom. The lowest BCUT2D eigenvalue weighted by atomic mass is 9.86. The molecule has 1 aliphatic heterocycles. The summed E-state index contributed by atoms with van der Waals surface area (Å²) >= 11 is 0. The third-order valence-corrected chi connectivity index (χ3v) is 5.35. The Labute approximate surface area is 144 Å². The molecule has 1 aromatic rings. The molecule has 2 atom stereocenters. The highest BCUT2D eigenvalue weighted by molar-refractivity contribution is 5.78. The van der Waals surface area contributed by atoms with Crippen LogP contribution in [-0.4, -0.2) is 59.6 Å². The van der Waals surface area contributed by atoms with Crippen LogP contribution in [0.2, 0.25) is 0 Å². The molecule has 1 aliphatic carbocycles. The van der Waals surface area contributed by atoms with Gasteiger partial charge in [-0.05, 0) is 25.7 Å². The van der Waals surface area contributed by atoms with Gasteiger partial charge in [-0.15, -0.1) is 0 Å². The van der Waals surface area contributed by atoms with Gasteiger partial charge in [-0.3, -0.25) is 14.6 Å². The number of carbonyl (C=O) groups excluding carboxylic acids is 1. The van der Waals surface area contributed by atoms with Gasteiger partial charge in [-0.25, -0.2) is 0 Å². The van der Waals surface area contributed by atoms with Crippen LogP contribution in [0.3, 0.4) is 0 Å². The summed E-state index contributed by atoms with van der Waals surface area (Å²) in [6, 6.07) is 2.37. The summed E-state index contributed by atoms with van der Waals surface area (Å²) in [5, 5.41) is 7.31. The van der Waals surface area contributed by atoms with E-state index >= 15 is 0 Å². The van der Waals surface area contributed by atoms with Gasteiger partial charge < -0.3 is 9.84 Å². The van der Waals surface area contributed by atoms with Gasteiger partial charge in [0.25, 0.3) is 0 Å². The van der Waals surface area contributed by atoms with Crippen molar-refractivity contribution in [2.45, 2.75) is 52.1 Å². The third-order valence-electron chi connectivity index (χ3n) is 5.35. The number of piperazine rings is 1. The predicted molar refractivity (Wildman–Crippen MR) is 92.5 cm³/mol. The van der Waals surface area contributed by atoms with Crippen molar-refractivity contribution in [3.8, 4) is 0 Å². The average Bonchev–Trinajstić information content (AvgIpc) is 2.96. The van der Waals surface area contributed by atoms with Crippen molar-refractivity contribution in [2.24, 2.45) is 5.92 Å². The minimum atomic E-state index is 0.189. The maximum atomic E-state index is 12.3. The first-order valence-corrected chi connectivity index (χ1v) is 9.26. The lowest BCUT2D eigenvalue weighted by Gasteiger charge is -2.35. The molecule has 1 aromatic heterocycles. The molecule has 1 amide bonds. The van der Waals surface area contributed by atoms with Gasteiger partial charge in [-0.1, -0.05) is 24.9 Å². The van der Waals surface area contributed by atoms with Crippen LogP contribution < -0.4 is 5.32 Å². The van der Waals surface area contributed by atoms with Gasteiger partial charge >= 0.3 is 0 Å². The first-order chi connectivity index (χ1) is 11.6. The molecule has 24 heavy (non-hydrogen) atoms. The molecule has 0 aromatic carbocycles. The Kier molecular flexibility index (Phi) is 5.89. The molecule has 1 N–H and O–H groups in total. The molecule has 6 heteroatoms. The minimum absolute atomic E-state index is 0.189. The Hall–Kier alpha value is -1.40. The van der Waals surface area contributed by atoms with Crippen LogP contribution in [0.25, 0.3) is 0 Å². The second-order valence-corrected chi connectivity index (χ2v) is 7.42. The largest absolute Gasteiger partial charge is 0.361 e. The number of aryl methyl sites for hydroxylation is 1. The summed E-state index contributed by atoms with van der Waals surface area (Å²) in [4.78, 5) is 16.9. The number of nitrogens with one attached hydrogen (secondary N) is 1. The zero-order chi connectivity index (χ0) is 16.9. The summed E-state index contributed by atoms with van der Waals surface area (Å²) in [5.41, 5.74) is 0.991. The Bertz CT molecular complexity index is 537. The molecule has 134 valence electrons. The second-order valence-electron chi connectivity index (χ2n) is 7.42. The Morgan fingerprint density at radius 2 is 1.96 bits per heavy atom. The maximum Gasteiger partial charge on any atom is 0.234 e. The van der Waals surface area contributed by atoms with Crippen molar-refractivity contribution >= 4 is 5.91 Å². The van der Waals surface area contributed by atoms with Gasteiger partial charge in [0.1, 0.15) is 5.76 Å². The van der Waals surface area contributed by atoms with Gasteiger partial charge in [0.2, 0.25) is 5.91 Å². The predicted octanol–water partition coefficient (Wildman–Crippen LogP) is 1.80. The summed E-state index contributed by atoms with van der Waals surface area (Å²) in [7, 11) is 0. The summed E-state index contributed by atoms with van der Waals surface area (Å²) in [6.45, 7) is 9.35. The van der Waals surface area contributed by atoms with Gasteiger partial charge in [-0.2, -0.15) is 0 Å². The van der Waals surface area contributed by atoms with E-state index in [0.717, 1.165) is 50.6 Å². The van der Waals surface area contributed by atoms with Crippen molar-refractivity contribution in [1.29, 1.82) is 0 Å². The van der Waals surface area contributed by atoms with E-state index in [1.807, 2.05) is 13.0 Å². The molecule has 0 radical (unpaired) electrons. The fraction of sp³-hybridized carbons (Fsp3) is 0.778. The van der Waals surface area contributed by atoms with Crippen LogP contribution in [-0.2, 0) is 11.3 Å². The quantitative estimate of drug-likeness (QED) is 0.890. The number of hydrogen-bond donors (Lipinski definition) is 1. The minimum Gasteiger partial charge on any atom is -0.361 e. The van der Waals surface area contributed by atoms with Crippen LogP contribution in [0.15, 0.2) is 10.6 Å². The molecule has 2 fully saturated rings. The van der Waals surface area contributed by atoms with Crippen LogP contribution in [0.1, 0.15) is 44.1 Å². The standard InChI is InChI=1S/C18H30N4O2/c1-14-5-3-4-6-17(14)19-18(23)13-22-9-7-21(8-10-22)12-16-11-15(2)24-20-16/h11,14,17H,3-10,12-13H2,1-2H3,(H,19,23)/t14-,17+/m1/s1. The van der Waals surface area contributed by atoms with Crippen LogP contribution in [0.5, 0.6) is 0 Å². The molecule has 1 saturated heterocycles. The van der Waals surface area contributed by atoms with Crippen molar-refractivity contribution < 1.29 is 9.32 Å². The molecule has 0 unspecified atom stereocenters. The number of rotatable bonds is 5. The van der Waals surface area contributed by atoms with Crippen LogP contribution >= 0.6 is 0 Å². The highest BCUT2D eigenvalue weighted by Gasteiger charge is 2.25. The number of hydrogen-bond acceptors (Lipinski definition) is 5. The van der Waals surface area contributed by atoms with Gasteiger partial charge in [0.15, 0.2) is 0 Å². The van der Waals surface area contributed by atoms with E-state index in [-0.39, 0.29) is 5.91 Å². The molecule has 1 saturated carbocycles. The van der Waals surface area contributed by atoms with E-state index in [0.29, 0.717) is 18.5 Å². The van der Waals surface area contributed by atoms with Crippen molar-refractivity contribution in [3.63, 3.8) is 0 Å². The van der Waals surface area contributed by atoms with E-state index in [4.69, 9.17) is 4.52 Å². The Morgan fingerprint density at radius 3 is 2.62 bits per heavy atom. The number of carbonyl (C=O) groups is 1. The number of nitrogens with zero attached hydrogens (tertiary/aromatic N) is 3. The summed E-state index contributed by atoms with van der Waals surface area (Å²) < 4.78 is 5.12. The lowest BCUT2D eigenvalue weighted by molar-refractivity contribution is -0.124. The molecule has 0 bridgehead atoms. The second kappa shape index (κ2) is 8.12. The highest BCUT2D eigenvalue weighted by Crippen LogP contribution is 2.23. The molecule has 3 rings (SSSR count). The molecular weight excluding hydrogens is 304 g/mol. The normalized spacial score (nSPS) is 26.4. The monoisotopic (exact) mass is 334 g/mol. The highest BCUT2D eigenvalue weighted by atomic mass is 16.5. The van der Waals surface area contributed by atoms with Crippen LogP contribution in [0.4, 0.5) is 0 Å². The summed E-state index contributed by atoms with van der Waals surface area (Å²) in [5.74, 6) is 1.66. The molecule has 0 spiro atoms. The van der Waals surface area contributed by atoms with Crippen molar-refractivity contribution in [2.75, 3.05) is 32.7 Å². The van der Waals surface area contributed by atoms with E-state index in [1.54, 1.807) is 0 Å². The number of aromatic nitrogens is 1. The smallest absolute Gasteiger partial charge is 0.234 e. The number of amides is 1. The first-order valence-electron chi connectivity index (χ1n) is 9.26. The topological polar surface area (TPSA) is 61.6 Å². The fourth-order valence-corrected chi connectivity index (χ4v) is 3.81. The molecule has 2 aliphatic rings. The van der Waals surface area contributed by atoms with Gasteiger partial charge in [0.05, 0.1) is 12.2 Å². The Balaban J connectivity index is 1.37. The molecular formula is C18H30N4O2.